The van der Waals surface area contributed by atoms with Crippen molar-refractivity contribution in [3.05, 3.63) is 54.1 Å². The van der Waals surface area contributed by atoms with Gasteiger partial charge in [-0.25, -0.2) is 0 Å². The third-order valence-corrected chi connectivity index (χ3v) is 3.17. The molecule has 2 aromatic carbocycles. The first-order chi connectivity index (χ1) is 7.85. The number of halogens is 1. The van der Waals surface area contributed by atoms with E-state index < -0.39 is 0 Å². The van der Waals surface area contributed by atoms with Gasteiger partial charge in [-0.2, -0.15) is 0 Å². The van der Waals surface area contributed by atoms with Gasteiger partial charge in [0.25, 0.3) is 0 Å². The van der Waals surface area contributed by atoms with Gasteiger partial charge in [-0.15, -0.1) is 0 Å². The monoisotopic (exact) mass is 276 g/mol. The number of alkyl halides is 1. The Hall–Kier alpha value is -1.28. The van der Waals surface area contributed by atoms with Crippen molar-refractivity contribution >= 4 is 15.9 Å². The van der Waals surface area contributed by atoms with Crippen molar-refractivity contribution in [1.82, 2.24) is 0 Å². The first-order valence-electron chi connectivity index (χ1n) is 5.13. The van der Waals surface area contributed by atoms with Crippen LogP contribution in [0.1, 0.15) is 5.56 Å². The van der Waals surface area contributed by atoms with Crippen LogP contribution in [0.4, 0.5) is 0 Å². The first-order valence-corrected chi connectivity index (χ1v) is 6.25. The second kappa shape index (κ2) is 5.17. The second-order valence-corrected chi connectivity index (χ2v) is 4.08. The molecular formula is C14H13BrO. The van der Waals surface area contributed by atoms with Gasteiger partial charge in [0.2, 0.25) is 0 Å². The van der Waals surface area contributed by atoms with Crippen molar-refractivity contribution < 1.29 is 4.74 Å². The predicted molar refractivity (Wildman–Crippen MR) is 71.1 cm³/mol. The van der Waals surface area contributed by atoms with E-state index in [1.54, 1.807) is 7.11 Å². The zero-order valence-corrected chi connectivity index (χ0v) is 10.7. The lowest BCUT2D eigenvalue weighted by molar-refractivity contribution is 0.415. The summed E-state index contributed by atoms with van der Waals surface area (Å²) in [5, 5.41) is 0.870. The van der Waals surface area contributed by atoms with Gasteiger partial charge in [0, 0.05) is 5.33 Å². The van der Waals surface area contributed by atoms with Crippen molar-refractivity contribution in [1.29, 1.82) is 0 Å². The van der Waals surface area contributed by atoms with E-state index in [2.05, 4.69) is 52.3 Å². The minimum atomic E-state index is 0.870. The van der Waals surface area contributed by atoms with Crippen LogP contribution in [0, 0.1) is 0 Å². The van der Waals surface area contributed by atoms with E-state index in [1.165, 1.54) is 16.7 Å². The minimum absolute atomic E-state index is 0.870. The maximum absolute atomic E-state index is 5.15. The van der Waals surface area contributed by atoms with Crippen LogP contribution in [0.5, 0.6) is 5.75 Å². The molecule has 0 atom stereocenters. The van der Waals surface area contributed by atoms with Gasteiger partial charge in [0.05, 0.1) is 7.11 Å². The zero-order valence-electron chi connectivity index (χ0n) is 9.11. The minimum Gasteiger partial charge on any atom is -0.497 e. The van der Waals surface area contributed by atoms with Gasteiger partial charge in [0.15, 0.2) is 0 Å². The van der Waals surface area contributed by atoms with Crippen molar-refractivity contribution in [3.8, 4) is 16.9 Å². The highest BCUT2D eigenvalue weighted by molar-refractivity contribution is 9.08. The van der Waals surface area contributed by atoms with Crippen molar-refractivity contribution in [3.63, 3.8) is 0 Å². The van der Waals surface area contributed by atoms with Crippen LogP contribution < -0.4 is 4.74 Å². The molecule has 82 valence electrons. The molecule has 0 heterocycles. The molecule has 0 amide bonds. The van der Waals surface area contributed by atoms with Crippen LogP contribution in [0.15, 0.2) is 48.5 Å². The molecular weight excluding hydrogens is 264 g/mol. The fourth-order valence-corrected chi connectivity index (χ4v) is 2.18. The zero-order chi connectivity index (χ0) is 11.4. The van der Waals surface area contributed by atoms with Crippen LogP contribution in [0.25, 0.3) is 11.1 Å². The third-order valence-electron chi connectivity index (χ3n) is 2.56. The first kappa shape index (κ1) is 11.2. The number of methoxy groups -OCH3 is 1. The van der Waals surface area contributed by atoms with E-state index in [1.807, 2.05) is 12.1 Å². The lowest BCUT2D eigenvalue weighted by atomic mass is 10.0. The van der Waals surface area contributed by atoms with E-state index >= 15 is 0 Å². The molecule has 0 saturated carbocycles. The Balaban J connectivity index is 2.42. The van der Waals surface area contributed by atoms with Crippen LogP contribution in [0.2, 0.25) is 0 Å². The van der Waals surface area contributed by atoms with Gasteiger partial charge < -0.3 is 4.74 Å². The van der Waals surface area contributed by atoms with Crippen LogP contribution in [0.3, 0.4) is 0 Å². The maximum atomic E-state index is 5.15. The Morgan fingerprint density at radius 2 is 1.69 bits per heavy atom. The van der Waals surface area contributed by atoms with Crippen molar-refractivity contribution in [2.75, 3.05) is 7.11 Å². The Morgan fingerprint density at radius 1 is 1.00 bits per heavy atom. The number of hydrogen-bond donors (Lipinski definition) is 0. The molecule has 0 bridgehead atoms. The second-order valence-electron chi connectivity index (χ2n) is 3.52. The summed E-state index contributed by atoms with van der Waals surface area (Å²) in [6.07, 6.45) is 0. The van der Waals surface area contributed by atoms with Crippen LogP contribution in [-0.2, 0) is 5.33 Å². The molecule has 0 spiro atoms. The molecule has 0 aliphatic carbocycles. The molecule has 2 aromatic rings. The molecule has 16 heavy (non-hydrogen) atoms. The molecule has 0 fully saturated rings. The molecule has 0 saturated heterocycles. The van der Waals surface area contributed by atoms with Gasteiger partial charge in [-0.1, -0.05) is 52.3 Å². The summed E-state index contributed by atoms with van der Waals surface area (Å²) in [6.45, 7) is 0. The number of hydrogen-bond acceptors (Lipinski definition) is 1. The SMILES string of the molecule is COc1ccc(-c2ccccc2CBr)cc1. The highest BCUT2D eigenvalue weighted by atomic mass is 79.9. The lowest BCUT2D eigenvalue weighted by Gasteiger charge is -2.07. The lowest BCUT2D eigenvalue weighted by Crippen LogP contribution is -1.86. The predicted octanol–water partition coefficient (Wildman–Crippen LogP) is 4.26. The summed E-state index contributed by atoms with van der Waals surface area (Å²) in [5.74, 6) is 0.889. The Morgan fingerprint density at radius 3 is 2.31 bits per heavy atom. The van der Waals surface area contributed by atoms with E-state index in [4.69, 9.17) is 4.74 Å². The summed E-state index contributed by atoms with van der Waals surface area (Å²) < 4.78 is 5.15. The molecule has 0 aliphatic heterocycles. The van der Waals surface area contributed by atoms with E-state index in [0.717, 1.165) is 11.1 Å². The number of ether oxygens (including phenoxy) is 1. The summed E-state index contributed by atoms with van der Waals surface area (Å²) in [7, 11) is 1.68. The van der Waals surface area contributed by atoms with Gasteiger partial charge in [-0.3, -0.25) is 0 Å². The molecule has 0 unspecified atom stereocenters. The summed E-state index contributed by atoms with van der Waals surface area (Å²) in [5.41, 5.74) is 3.78. The van der Waals surface area contributed by atoms with E-state index in [9.17, 15) is 0 Å². The third kappa shape index (κ3) is 2.27. The van der Waals surface area contributed by atoms with E-state index in [-0.39, 0.29) is 0 Å². The Bertz CT molecular complexity index is 462. The average molecular weight is 277 g/mol. The van der Waals surface area contributed by atoms with E-state index in [0.29, 0.717) is 0 Å². The average Bonchev–Trinajstić information content (AvgIpc) is 2.39. The Labute approximate surface area is 104 Å². The van der Waals surface area contributed by atoms with Crippen molar-refractivity contribution in [2.45, 2.75) is 5.33 Å². The summed E-state index contributed by atoms with van der Waals surface area (Å²) >= 11 is 3.51. The highest BCUT2D eigenvalue weighted by Gasteiger charge is 2.03. The van der Waals surface area contributed by atoms with Gasteiger partial charge in [-0.05, 0) is 28.8 Å². The molecule has 0 aromatic heterocycles. The summed E-state index contributed by atoms with van der Waals surface area (Å²) in [6, 6.07) is 16.5. The molecule has 2 rings (SSSR count). The highest BCUT2D eigenvalue weighted by Crippen LogP contribution is 2.26. The smallest absolute Gasteiger partial charge is 0.118 e. The fraction of sp³-hybridized carbons (Fsp3) is 0.143. The van der Waals surface area contributed by atoms with Crippen molar-refractivity contribution in [2.24, 2.45) is 0 Å². The Kier molecular flexibility index (Phi) is 3.62. The van der Waals surface area contributed by atoms with Crippen LogP contribution in [-0.4, -0.2) is 7.11 Å². The molecule has 2 heteroatoms. The maximum Gasteiger partial charge on any atom is 0.118 e. The largest absolute Gasteiger partial charge is 0.497 e. The summed E-state index contributed by atoms with van der Waals surface area (Å²) in [4.78, 5) is 0. The van der Waals surface area contributed by atoms with Gasteiger partial charge in [0.1, 0.15) is 5.75 Å². The van der Waals surface area contributed by atoms with Crippen LogP contribution >= 0.6 is 15.9 Å². The molecule has 0 radical (unpaired) electrons. The van der Waals surface area contributed by atoms with Gasteiger partial charge >= 0.3 is 0 Å². The standard InChI is InChI=1S/C14H13BrO/c1-16-13-8-6-11(7-9-13)14-5-3-2-4-12(14)10-15/h2-9H,10H2,1H3. The molecule has 0 aliphatic rings. The number of benzene rings is 2. The topological polar surface area (TPSA) is 9.23 Å². The molecule has 1 nitrogen and oxygen atoms in total. The number of rotatable bonds is 3. The molecule has 0 N–H and O–H groups in total. The normalized spacial score (nSPS) is 10.1. The quantitative estimate of drug-likeness (QED) is 0.762. The fourth-order valence-electron chi connectivity index (χ4n) is 1.69.